The first-order chi connectivity index (χ1) is 11.4. The Morgan fingerprint density at radius 2 is 1.79 bits per heavy atom. The Morgan fingerprint density at radius 1 is 1.17 bits per heavy atom. The molecule has 0 aromatic carbocycles. The largest absolute Gasteiger partial charge is 0.424 e. The van der Waals surface area contributed by atoms with Crippen LogP contribution in [0.3, 0.4) is 0 Å². The molecule has 0 bridgehead atoms. The summed E-state index contributed by atoms with van der Waals surface area (Å²) in [6.07, 6.45) is 2.02. The highest BCUT2D eigenvalue weighted by atomic mass is 16.5. The lowest BCUT2D eigenvalue weighted by molar-refractivity contribution is -0.149. The number of aryl methyl sites for hydroxylation is 1. The number of hydrogen-bond acceptors (Lipinski definition) is 6. The second-order valence-corrected chi connectivity index (χ2v) is 7.15. The van der Waals surface area contributed by atoms with Gasteiger partial charge >= 0.3 is 0 Å². The van der Waals surface area contributed by atoms with E-state index < -0.39 is 0 Å². The highest BCUT2D eigenvalue weighted by Crippen LogP contribution is 2.27. The van der Waals surface area contributed by atoms with Gasteiger partial charge in [0, 0.05) is 25.9 Å². The number of ether oxygens (including phenoxy) is 1. The molecule has 7 nitrogen and oxygen atoms in total. The van der Waals surface area contributed by atoms with Gasteiger partial charge in [-0.05, 0) is 46.7 Å². The van der Waals surface area contributed by atoms with Gasteiger partial charge in [0.05, 0.1) is 18.2 Å². The topological polar surface area (TPSA) is 71.7 Å². The average Bonchev–Trinajstić information content (AvgIpc) is 2.99. The minimum Gasteiger partial charge on any atom is -0.424 e. The number of morpholine rings is 1. The van der Waals surface area contributed by atoms with Gasteiger partial charge < -0.3 is 14.1 Å². The van der Waals surface area contributed by atoms with Crippen LogP contribution in [0.25, 0.3) is 0 Å². The second kappa shape index (κ2) is 7.19. The van der Waals surface area contributed by atoms with Gasteiger partial charge in [0.1, 0.15) is 0 Å². The molecule has 2 fully saturated rings. The molecule has 3 heterocycles. The highest BCUT2D eigenvalue weighted by Gasteiger charge is 2.34. The van der Waals surface area contributed by atoms with E-state index in [-0.39, 0.29) is 30.1 Å². The van der Waals surface area contributed by atoms with Crippen LogP contribution in [0.1, 0.15) is 51.4 Å². The van der Waals surface area contributed by atoms with E-state index in [1.165, 1.54) is 0 Å². The van der Waals surface area contributed by atoms with E-state index in [2.05, 4.69) is 22.0 Å². The number of carbonyl (C=O) groups excluding carboxylic acids is 1. The van der Waals surface area contributed by atoms with E-state index in [9.17, 15) is 4.79 Å². The van der Waals surface area contributed by atoms with Crippen molar-refractivity contribution in [2.45, 2.75) is 58.8 Å². The molecule has 24 heavy (non-hydrogen) atoms. The van der Waals surface area contributed by atoms with Crippen molar-refractivity contribution in [2.24, 2.45) is 5.92 Å². The number of rotatable bonds is 3. The summed E-state index contributed by atoms with van der Waals surface area (Å²) in [4.78, 5) is 17.1. The van der Waals surface area contributed by atoms with Gasteiger partial charge in [0.25, 0.3) is 0 Å². The highest BCUT2D eigenvalue weighted by molar-refractivity contribution is 5.79. The summed E-state index contributed by atoms with van der Waals surface area (Å²) in [7, 11) is 0. The Bertz CT molecular complexity index is 558. The van der Waals surface area contributed by atoms with Crippen LogP contribution in [-0.4, -0.2) is 64.3 Å². The van der Waals surface area contributed by atoms with Crippen LogP contribution >= 0.6 is 0 Å². The van der Waals surface area contributed by atoms with Crippen molar-refractivity contribution in [1.29, 1.82) is 0 Å². The molecular weight excluding hydrogens is 308 g/mol. The molecule has 3 atom stereocenters. The van der Waals surface area contributed by atoms with Gasteiger partial charge in [0.15, 0.2) is 0 Å². The summed E-state index contributed by atoms with van der Waals surface area (Å²) in [6, 6.07) is 0.102. The standard InChI is InChI=1S/C17H28N4O3/c1-11-9-21(10-12(2)23-11)17(22)15-5-7-20(8-6-15)13(3)16-19-18-14(4)24-16/h11-13,15H,5-10H2,1-4H3/t11-,12+,13-/m0/s1. The molecule has 0 unspecified atom stereocenters. The first-order valence-corrected chi connectivity index (χ1v) is 8.92. The van der Waals surface area contributed by atoms with Crippen molar-refractivity contribution in [3.05, 3.63) is 11.8 Å². The van der Waals surface area contributed by atoms with Crippen LogP contribution in [0, 0.1) is 12.8 Å². The van der Waals surface area contributed by atoms with Crippen LogP contribution < -0.4 is 0 Å². The van der Waals surface area contributed by atoms with E-state index in [1.807, 2.05) is 18.7 Å². The van der Waals surface area contributed by atoms with Crippen LogP contribution in [0.5, 0.6) is 0 Å². The normalized spacial score (nSPS) is 28.1. The molecule has 2 saturated heterocycles. The monoisotopic (exact) mass is 336 g/mol. The minimum atomic E-state index is 0.102. The zero-order chi connectivity index (χ0) is 17.3. The Morgan fingerprint density at radius 3 is 2.33 bits per heavy atom. The van der Waals surface area contributed by atoms with E-state index in [0.717, 1.165) is 25.9 Å². The van der Waals surface area contributed by atoms with Gasteiger partial charge in [-0.25, -0.2) is 0 Å². The minimum absolute atomic E-state index is 0.102. The molecule has 2 aliphatic heterocycles. The van der Waals surface area contributed by atoms with Crippen molar-refractivity contribution in [3.8, 4) is 0 Å². The fraction of sp³-hybridized carbons (Fsp3) is 0.824. The Balaban J connectivity index is 1.54. The molecule has 1 aromatic heterocycles. The molecular formula is C17H28N4O3. The van der Waals surface area contributed by atoms with Crippen LogP contribution in [0.15, 0.2) is 4.42 Å². The zero-order valence-corrected chi connectivity index (χ0v) is 15.1. The number of piperidine rings is 1. The first kappa shape index (κ1) is 17.4. The fourth-order valence-electron chi connectivity index (χ4n) is 3.79. The summed E-state index contributed by atoms with van der Waals surface area (Å²) in [5.74, 6) is 1.67. The quantitative estimate of drug-likeness (QED) is 0.838. The lowest BCUT2D eigenvalue weighted by atomic mass is 9.94. The van der Waals surface area contributed by atoms with Gasteiger partial charge in [0.2, 0.25) is 17.7 Å². The molecule has 0 spiro atoms. The predicted molar refractivity (Wildman–Crippen MR) is 88.3 cm³/mol. The Labute approximate surface area is 143 Å². The van der Waals surface area contributed by atoms with Crippen LogP contribution in [-0.2, 0) is 9.53 Å². The molecule has 0 radical (unpaired) electrons. The number of aromatic nitrogens is 2. The summed E-state index contributed by atoms with van der Waals surface area (Å²) in [5.41, 5.74) is 0. The molecule has 2 aliphatic rings. The fourth-order valence-corrected chi connectivity index (χ4v) is 3.79. The maximum Gasteiger partial charge on any atom is 0.233 e. The van der Waals surface area contributed by atoms with Gasteiger partial charge in [-0.3, -0.25) is 9.69 Å². The summed E-state index contributed by atoms with van der Waals surface area (Å²) in [6.45, 7) is 11.1. The molecule has 3 rings (SSSR count). The Kier molecular flexibility index (Phi) is 5.20. The van der Waals surface area contributed by atoms with Crippen LogP contribution in [0.2, 0.25) is 0 Å². The number of likely N-dealkylation sites (tertiary alicyclic amines) is 1. The predicted octanol–water partition coefficient (Wildman–Crippen LogP) is 1.79. The molecule has 7 heteroatoms. The van der Waals surface area contributed by atoms with Crippen molar-refractivity contribution < 1.29 is 13.9 Å². The Hall–Kier alpha value is -1.47. The molecule has 1 aromatic rings. The molecule has 0 saturated carbocycles. The lowest BCUT2D eigenvalue weighted by Crippen LogP contribution is -2.51. The SMILES string of the molecule is Cc1nnc([C@H](C)N2CCC(C(=O)N3C[C@@H](C)O[C@@H](C)C3)CC2)o1. The molecule has 1 amide bonds. The summed E-state index contributed by atoms with van der Waals surface area (Å²) in [5, 5.41) is 8.02. The average molecular weight is 336 g/mol. The first-order valence-electron chi connectivity index (χ1n) is 8.92. The van der Waals surface area contributed by atoms with Crippen molar-refractivity contribution in [1.82, 2.24) is 20.0 Å². The maximum absolute atomic E-state index is 12.8. The zero-order valence-electron chi connectivity index (χ0n) is 15.1. The van der Waals surface area contributed by atoms with Crippen LogP contribution in [0.4, 0.5) is 0 Å². The molecule has 134 valence electrons. The number of hydrogen-bond donors (Lipinski definition) is 0. The van der Waals surface area contributed by atoms with Crippen molar-refractivity contribution >= 4 is 5.91 Å². The second-order valence-electron chi connectivity index (χ2n) is 7.15. The lowest BCUT2D eigenvalue weighted by Gasteiger charge is -2.40. The van der Waals surface area contributed by atoms with E-state index in [1.54, 1.807) is 6.92 Å². The van der Waals surface area contributed by atoms with Crippen molar-refractivity contribution in [2.75, 3.05) is 26.2 Å². The van der Waals surface area contributed by atoms with Gasteiger partial charge in [-0.15, -0.1) is 10.2 Å². The molecule has 0 N–H and O–H groups in total. The number of carbonyl (C=O) groups is 1. The third kappa shape index (κ3) is 3.78. The van der Waals surface area contributed by atoms with E-state index in [0.29, 0.717) is 24.9 Å². The third-order valence-corrected chi connectivity index (χ3v) is 5.06. The maximum atomic E-state index is 12.8. The smallest absolute Gasteiger partial charge is 0.233 e. The molecule has 0 aliphatic carbocycles. The summed E-state index contributed by atoms with van der Waals surface area (Å²) < 4.78 is 11.3. The van der Waals surface area contributed by atoms with Crippen molar-refractivity contribution in [3.63, 3.8) is 0 Å². The third-order valence-electron chi connectivity index (χ3n) is 5.06. The number of nitrogens with zero attached hydrogens (tertiary/aromatic N) is 4. The van der Waals surface area contributed by atoms with Gasteiger partial charge in [-0.1, -0.05) is 0 Å². The number of amides is 1. The van der Waals surface area contributed by atoms with E-state index in [4.69, 9.17) is 9.15 Å². The summed E-state index contributed by atoms with van der Waals surface area (Å²) >= 11 is 0. The van der Waals surface area contributed by atoms with Gasteiger partial charge in [-0.2, -0.15) is 0 Å². The van der Waals surface area contributed by atoms with E-state index >= 15 is 0 Å².